The van der Waals surface area contributed by atoms with Gasteiger partial charge in [0.05, 0.1) is 0 Å². The number of piperidine rings is 1. The molecule has 0 amide bonds. The van der Waals surface area contributed by atoms with Gasteiger partial charge in [0.2, 0.25) is 0 Å². The highest BCUT2D eigenvalue weighted by atomic mass is 16.4. The van der Waals surface area contributed by atoms with E-state index in [0.29, 0.717) is 18.5 Å². The molecule has 98 valence electrons. The Hall–Kier alpha value is -0.610. The molecule has 2 aliphatic heterocycles. The van der Waals surface area contributed by atoms with E-state index < -0.39 is 11.5 Å². The van der Waals surface area contributed by atoms with E-state index >= 15 is 0 Å². The van der Waals surface area contributed by atoms with Gasteiger partial charge in [-0.2, -0.15) is 0 Å². The Balaban J connectivity index is 2.01. The summed E-state index contributed by atoms with van der Waals surface area (Å²) in [5.41, 5.74) is -0.766. The minimum absolute atomic E-state index is 0.358. The maximum absolute atomic E-state index is 11.3. The minimum atomic E-state index is -0.766. The monoisotopic (exact) mass is 240 g/mol. The molecule has 2 rings (SSSR count). The van der Waals surface area contributed by atoms with Crippen LogP contribution in [0.4, 0.5) is 0 Å². The third-order valence-corrected chi connectivity index (χ3v) is 4.54. The summed E-state index contributed by atoms with van der Waals surface area (Å²) in [7, 11) is 0. The quantitative estimate of drug-likeness (QED) is 0.781. The summed E-state index contributed by atoms with van der Waals surface area (Å²) in [4.78, 5) is 13.9. The van der Waals surface area contributed by atoms with Gasteiger partial charge in [-0.3, -0.25) is 15.0 Å². The fraction of sp³-hybridized carbons (Fsp3) is 0.923. The van der Waals surface area contributed by atoms with Gasteiger partial charge >= 0.3 is 5.97 Å². The normalized spacial score (nSPS) is 33.1. The van der Waals surface area contributed by atoms with Crippen LogP contribution in [-0.2, 0) is 4.79 Å². The third-order valence-electron chi connectivity index (χ3n) is 4.54. The zero-order chi connectivity index (χ0) is 12.5. The molecule has 0 aromatic carbocycles. The van der Waals surface area contributed by atoms with Gasteiger partial charge in [-0.25, -0.2) is 0 Å². The van der Waals surface area contributed by atoms with Crippen LogP contribution in [0, 0.1) is 0 Å². The maximum atomic E-state index is 11.3. The van der Waals surface area contributed by atoms with Gasteiger partial charge in [0.25, 0.3) is 0 Å². The number of hydrogen-bond donors (Lipinski definition) is 2. The fourth-order valence-electron chi connectivity index (χ4n) is 3.14. The van der Waals surface area contributed by atoms with Crippen LogP contribution in [0.25, 0.3) is 0 Å². The molecule has 2 N–H and O–H groups in total. The van der Waals surface area contributed by atoms with E-state index in [1.165, 1.54) is 25.8 Å². The van der Waals surface area contributed by atoms with Crippen molar-refractivity contribution in [1.82, 2.24) is 10.2 Å². The van der Waals surface area contributed by atoms with Crippen LogP contribution in [-0.4, -0.2) is 46.7 Å². The molecule has 3 atom stereocenters. The van der Waals surface area contributed by atoms with Gasteiger partial charge in [-0.05, 0) is 39.2 Å². The van der Waals surface area contributed by atoms with Crippen molar-refractivity contribution < 1.29 is 9.90 Å². The molecule has 0 bridgehead atoms. The van der Waals surface area contributed by atoms with Gasteiger partial charge in [0.15, 0.2) is 0 Å². The number of nitrogens with zero attached hydrogens (tertiary/aromatic N) is 1. The summed E-state index contributed by atoms with van der Waals surface area (Å²) in [6, 6.07) is 0.922. The van der Waals surface area contributed by atoms with Crippen molar-refractivity contribution in [1.29, 1.82) is 0 Å². The largest absolute Gasteiger partial charge is 0.480 e. The third kappa shape index (κ3) is 2.47. The number of fused-ring (bicyclic) bond motifs is 1. The number of rotatable bonds is 4. The summed E-state index contributed by atoms with van der Waals surface area (Å²) < 4.78 is 0. The Morgan fingerprint density at radius 3 is 2.82 bits per heavy atom. The highest BCUT2D eigenvalue weighted by molar-refractivity contribution is 5.78. The first-order valence-electron chi connectivity index (χ1n) is 6.82. The molecule has 0 aliphatic carbocycles. The van der Waals surface area contributed by atoms with Crippen LogP contribution in [0.1, 0.15) is 46.0 Å². The number of aliphatic carboxylic acids is 1. The van der Waals surface area contributed by atoms with Gasteiger partial charge in [0.1, 0.15) is 5.54 Å². The molecule has 4 nitrogen and oxygen atoms in total. The van der Waals surface area contributed by atoms with Crippen LogP contribution in [0.15, 0.2) is 0 Å². The maximum Gasteiger partial charge on any atom is 0.323 e. The summed E-state index contributed by atoms with van der Waals surface area (Å²) >= 11 is 0. The second kappa shape index (κ2) is 4.94. The molecule has 2 saturated heterocycles. The van der Waals surface area contributed by atoms with Gasteiger partial charge < -0.3 is 5.11 Å². The van der Waals surface area contributed by atoms with E-state index in [4.69, 9.17) is 0 Å². The molecule has 4 heteroatoms. The Labute approximate surface area is 103 Å². The first kappa shape index (κ1) is 12.8. The number of carbonyl (C=O) groups is 1. The van der Waals surface area contributed by atoms with E-state index in [1.54, 1.807) is 6.92 Å². The molecule has 2 heterocycles. The lowest BCUT2D eigenvalue weighted by Crippen LogP contribution is -2.57. The van der Waals surface area contributed by atoms with Crippen LogP contribution in [0.2, 0.25) is 0 Å². The summed E-state index contributed by atoms with van der Waals surface area (Å²) in [6.07, 6.45) is 5.53. The van der Waals surface area contributed by atoms with Crippen molar-refractivity contribution >= 4 is 5.97 Å². The molecule has 0 aromatic rings. The molecule has 0 saturated carbocycles. The first-order valence-corrected chi connectivity index (χ1v) is 6.82. The van der Waals surface area contributed by atoms with Crippen molar-refractivity contribution in [3.05, 3.63) is 0 Å². The first-order chi connectivity index (χ1) is 8.07. The average molecular weight is 240 g/mol. The number of carboxylic acid groups (broad SMARTS) is 1. The SMILES string of the molecule is CCC(C)(NC1CCN2CCCCC12)C(=O)O. The lowest BCUT2D eigenvalue weighted by molar-refractivity contribution is -0.144. The van der Waals surface area contributed by atoms with E-state index in [9.17, 15) is 9.90 Å². The zero-order valence-corrected chi connectivity index (χ0v) is 10.9. The van der Waals surface area contributed by atoms with Crippen LogP contribution >= 0.6 is 0 Å². The van der Waals surface area contributed by atoms with Crippen molar-refractivity contribution in [2.24, 2.45) is 0 Å². The van der Waals surface area contributed by atoms with Crippen molar-refractivity contribution in [3.63, 3.8) is 0 Å². The number of carboxylic acids is 1. The lowest BCUT2D eigenvalue weighted by Gasteiger charge is -2.36. The van der Waals surface area contributed by atoms with Gasteiger partial charge in [-0.1, -0.05) is 13.3 Å². The highest BCUT2D eigenvalue weighted by Gasteiger charge is 2.41. The predicted molar refractivity (Wildman–Crippen MR) is 67.1 cm³/mol. The van der Waals surface area contributed by atoms with E-state index in [2.05, 4.69) is 10.2 Å². The van der Waals surface area contributed by atoms with Crippen LogP contribution < -0.4 is 5.32 Å². The lowest BCUT2D eigenvalue weighted by atomic mass is 9.93. The molecule has 3 unspecified atom stereocenters. The Morgan fingerprint density at radius 2 is 2.18 bits per heavy atom. The average Bonchev–Trinajstić information content (AvgIpc) is 2.72. The molecule has 0 radical (unpaired) electrons. The molecule has 0 spiro atoms. The topological polar surface area (TPSA) is 52.6 Å². The predicted octanol–water partition coefficient (Wildman–Crippen LogP) is 1.46. The van der Waals surface area contributed by atoms with Crippen molar-refractivity contribution in [2.75, 3.05) is 13.1 Å². The number of hydrogen-bond acceptors (Lipinski definition) is 3. The second-order valence-electron chi connectivity index (χ2n) is 5.63. The van der Waals surface area contributed by atoms with Crippen LogP contribution in [0.3, 0.4) is 0 Å². The Morgan fingerprint density at radius 1 is 1.41 bits per heavy atom. The van der Waals surface area contributed by atoms with Gasteiger partial charge in [-0.15, -0.1) is 0 Å². The van der Waals surface area contributed by atoms with Gasteiger partial charge in [0, 0.05) is 18.6 Å². The standard InChI is InChI=1S/C13H24N2O2/c1-3-13(2,12(16)17)14-10-7-9-15-8-5-4-6-11(10)15/h10-11,14H,3-9H2,1-2H3,(H,16,17). The van der Waals surface area contributed by atoms with E-state index in [1.807, 2.05) is 6.92 Å². The zero-order valence-electron chi connectivity index (χ0n) is 10.9. The summed E-state index contributed by atoms with van der Waals surface area (Å²) in [5.74, 6) is -0.728. The van der Waals surface area contributed by atoms with E-state index in [0.717, 1.165) is 13.0 Å². The fourth-order valence-corrected chi connectivity index (χ4v) is 3.14. The Kier molecular flexibility index (Phi) is 3.73. The summed E-state index contributed by atoms with van der Waals surface area (Å²) in [5, 5.41) is 12.7. The van der Waals surface area contributed by atoms with E-state index in [-0.39, 0.29) is 0 Å². The molecule has 2 fully saturated rings. The molecular weight excluding hydrogens is 216 g/mol. The second-order valence-corrected chi connectivity index (χ2v) is 5.63. The molecule has 2 aliphatic rings. The highest BCUT2D eigenvalue weighted by Crippen LogP contribution is 2.28. The van der Waals surface area contributed by atoms with Crippen LogP contribution in [0.5, 0.6) is 0 Å². The Bertz CT molecular complexity index is 295. The molecule has 17 heavy (non-hydrogen) atoms. The van der Waals surface area contributed by atoms with Crippen molar-refractivity contribution in [3.8, 4) is 0 Å². The molecular formula is C13H24N2O2. The number of nitrogens with one attached hydrogen (secondary N) is 1. The molecule has 0 aromatic heterocycles. The minimum Gasteiger partial charge on any atom is -0.480 e. The summed E-state index contributed by atoms with van der Waals surface area (Å²) in [6.45, 7) is 6.07. The smallest absolute Gasteiger partial charge is 0.323 e. The van der Waals surface area contributed by atoms with Crippen molar-refractivity contribution in [2.45, 2.75) is 63.6 Å².